The molecule has 0 bridgehead atoms. The van der Waals surface area contributed by atoms with Crippen molar-refractivity contribution < 1.29 is 46.9 Å². The van der Waals surface area contributed by atoms with Crippen LogP contribution in [0.4, 0.5) is 4.39 Å². The average Bonchev–Trinajstić information content (AvgIpc) is 1.91. The molecule has 6 heteroatoms. The van der Waals surface area contributed by atoms with E-state index in [2.05, 4.69) is 0 Å². The van der Waals surface area contributed by atoms with E-state index in [-0.39, 0.29) is 35.1 Å². The maximum atomic E-state index is 12.7. The Labute approximate surface area is 98.0 Å². The van der Waals surface area contributed by atoms with E-state index in [9.17, 15) is 17.4 Å². The summed E-state index contributed by atoms with van der Waals surface area (Å²) >= 11 is 0. The molecule has 0 spiro atoms. The van der Waals surface area contributed by atoms with Crippen LogP contribution >= 0.6 is 0 Å². The average molecular weight is 212 g/mol. The van der Waals surface area contributed by atoms with Crippen LogP contribution in [-0.4, -0.2) is 13.0 Å². The minimum Gasteiger partial charge on any atom is -0.748 e. The molecular formula is C7H6FNaO3S. The van der Waals surface area contributed by atoms with Gasteiger partial charge in [-0.2, -0.15) is 0 Å². The van der Waals surface area contributed by atoms with Crippen molar-refractivity contribution in [3.63, 3.8) is 0 Å². The van der Waals surface area contributed by atoms with Gasteiger partial charge in [0.15, 0.2) is 0 Å². The summed E-state index contributed by atoms with van der Waals surface area (Å²) in [5, 5.41) is 0. The molecular weight excluding hydrogens is 206 g/mol. The maximum Gasteiger partial charge on any atom is 1.00 e. The monoisotopic (exact) mass is 212 g/mol. The molecule has 0 aliphatic heterocycles. The van der Waals surface area contributed by atoms with E-state index < -0.39 is 21.7 Å². The molecule has 0 saturated carbocycles. The van der Waals surface area contributed by atoms with Gasteiger partial charge < -0.3 is 4.55 Å². The second kappa shape index (κ2) is 5.07. The fourth-order valence-electron chi connectivity index (χ4n) is 0.806. The van der Waals surface area contributed by atoms with Crippen LogP contribution in [0.15, 0.2) is 24.3 Å². The van der Waals surface area contributed by atoms with Gasteiger partial charge in [-0.15, -0.1) is 0 Å². The van der Waals surface area contributed by atoms with Crippen LogP contribution in [0.5, 0.6) is 0 Å². The third kappa shape index (κ3) is 4.73. The van der Waals surface area contributed by atoms with Crippen molar-refractivity contribution in [2.75, 3.05) is 0 Å². The Morgan fingerprint density at radius 2 is 1.85 bits per heavy atom. The summed E-state index contributed by atoms with van der Waals surface area (Å²) in [7, 11) is -4.39. The Bertz CT molecular complexity index is 377. The largest absolute Gasteiger partial charge is 1.00 e. The van der Waals surface area contributed by atoms with Crippen molar-refractivity contribution in [1.82, 2.24) is 0 Å². The van der Waals surface area contributed by atoms with Crippen molar-refractivity contribution in [1.29, 1.82) is 0 Å². The molecule has 0 radical (unpaired) electrons. The summed E-state index contributed by atoms with van der Waals surface area (Å²) in [6.07, 6.45) is 0. The Hall–Kier alpha value is 0.0600. The molecule has 0 aliphatic carbocycles. The van der Waals surface area contributed by atoms with Gasteiger partial charge in [-0.05, 0) is 6.07 Å². The normalized spacial score (nSPS) is 10.6. The van der Waals surface area contributed by atoms with Gasteiger partial charge in [-0.3, -0.25) is 0 Å². The predicted octanol–water partition coefficient (Wildman–Crippen LogP) is -2.13. The third-order valence-corrected chi connectivity index (χ3v) is 1.95. The fourth-order valence-corrected chi connectivity index (χ4v) is 1.42. The molecule has 0 fully saturated rings. The number of halogens is 1. The van der Waals surface area contributed by atoms with Crippen LogP contribution in [0.3, 0.4) is 0 Å². The van der Waals surface area contributed by atoms with Crippen LogP contribution in [-0.2, 0) is 15.9 Å². The first-order chi connectivity index (χ1) is 5.49. The molecule has 0 unspecified atom stereocenters. The van der Waals surface area contributed by atoms with Gasteiger partial charge in [0.25, 0.3) is 0 Å². The minimum atomic E-state index is -4.39. The van der Waals surface area contributed by atoms with E-state index in [0.29, 0.717) is 0 Å². The molecule has 1 aromatic rings. The summed E-state index contributed by atoms with van der Waals surface area (Å²) in [5.74, 6) is -1.46. The molecule has 13 heavy (non-hydrogen) atoms. The van der Waals surface area contributed by atoms with E-state index in [0.717, 1.165) is 6.07 Å². The summed E-state index contributed by atoms with van der Waals surface area (Å²) in [4.78, 5) is 0. The van der Waals surface area contributed by atoms with Crippen molar-refractivity contribution in [3.8, 4) is 0 Å². The van der Waals surface area contributed by atoms with Gasteiger partial charge in [0, 0.05) is 5.56 Å². The first-order valence-electron chi connectivity index (χ1n) is 3.16. The number of hydrogen-bond donors (Lipinski definition) is 0. The molecule has 1 rings (SSSR count). The SMILES string of the molecule is O=S(=O)([O-])Cc1ccccc1F.[Na+]. The van der Waals surface area contributed by atoms with E-state index in [1.807, 2.05) is 0 Å². The minimum absolute atomic E-state index is 0. The van der Waals surface area contributed by atoms with Crippen molar-refractivity contribution >= 4 is 10.1 Å². The molecule has 0 saturated heterocycles. The molecule has 1 aromatic carbocycles. The van der Waals surface area contributed by atoms with Gasteiger partial charge >= 0.3 is 29.6 Å². The topological polar surface area (TPSA) is 57.2 Å². The number of rotatable bonds is 2. The van der Waals surface area contributed by atoms with Gasteiger partial charge in [-0.25, -0.2) is 12.8 Å². The quantitative estimate of drug-likeness (QED) is 0.416. The van der Waals surface area contributed by atoms with E-state index in [1.54, 1.807) is 0 Å². The van der Waals surface area contributed by atoms with E-state index in [4.69, 9.17) is 0 Å². The van der Waals surface area contributed by atoms with Crippen LogP contribution < -0.4 is 29.6 Å². The maximum absolute atomic E-state index is 12.7. The predicted molar refractivity (Wildman–Crippen MR) is 39.8 cm³/mol. The van der Waals surface area contributed by atoms with Crippen molar-refractivity contribution in [2.45, 2.75) is 5.75 Å². The molecule has 0 amide bonds. The van der Waals surface area contributed by atoms with Crippen LogP contribution in [0.1, 0.15) is 5.56 Å². The number of benzene rings is 1. The second-order valence-corrected chi connectivity index (χ2v) is 3.70. The summed E-state index contributed by atoms with van der Waals surface area (Å²) < 4.78 is 43.4. The fraction of sp³-hybridized carbons (Fsp3) is 0.143. The Morgan fingerprint density at radius 1 is 1.31 bits per heavy atom. The first kappa shape index (κ1) is 13.1. The molecule has 0 N–H and O–H groups in total. The summed E-state index contributed by atoms with van der Waals surface area (Å²) in [6, 6.07) is 5.28. The molecule has 0 aromatic heterocycles. The van der Waals surface area contributed by atoms with Crippen LogP contribution in [0.25, 0.3) is 0 Å². The van der Waals surface area contributed by atoms with Crippen molar-refractivity contribution in [3.05, 3.63) is 35.6 Å². The van der Waals surface area contributed by atoms with E-state index >= 15 is 0 Å². The van der Waals surface area contributed by atoms with Crippen LogP contribution in [0, 0.1) is 5.82 Å². The second-order valence-electron chi connectivity index (χ2n) is 2.29. The molecule has 66 valence electrons. The molecule has 3 nitrogen and oxygen atoms in total. The standard InChI is InChI=1S/C7H7FO3S.Na/c8-7-4-2-1-3-6(7)5-12(9,10)11;/h1-4H,5H2,(H,9,10,11);/q;+1/p-1. The zero-order valence-corrected chi connectivity index (χ0v) is 9.84. The third-order valence-electron chi connectivity index (χ3n) is 1.29. The van der Waals surface area contributed by atoms with Gasteiger partial charge in [0.1, 0.15) is 5.82 Å². The Balaban J connectivity index is 0.00000144. The molecule has 0 atom stereocenters. The van der Waals surface area contributed by atoms with Gasteiger partial charge in [-0.1, -0.05) is 18.2 Å². The van der Waals surface area contributed by atoms with Crippen LogP contribution in [0.2, 0.25) is 0 Å². The van der Waals surface area contributed by atoms with Gasteiger partial charge in [0.2, 0.25) is 0 Å². The summed E-state index contributed by atoms with van der Waals surface area (Å²) in [5.41, 5.74) is -0.0903. The van der Waals surface area contributed by atoms with Gasteiger partial charge in [0.05, 0.1) is 15.9 Å². The molecule has 0 aliphatic rings. The first-order valence-corrected chi connectivity index (χ1v) is 4.74. The Morgan fingerprint density at radius 3 is 2.31 bits per heavy atom. The van der Waals surface area contributed by atoms with E-state index in [1.165, 1.54) is 18.2 Å². The molecule has 0 heterocycles. The Kier molecular flexibility index (Phi) is 5.09. The number of hydrogen-bond acceptors (Lipinski definition) is 3. The zero-order valence-electron chi connectivity index (χ0n) is 7.03. The summed E-state index contributed by atoms with van der Waals surface area (Å²) in [6.45, 7) is 0. The zero-order chi connectivity index (χ0) is 9.19. The van der Waals surface area contributed by atoms with Crippen molar-refractivity contribution in [2.24, 2.45) is 0 Å². The smallest absolute Gasteiger partial charge is 0.748 e.